The van der Waals surface area contributed by atoms with Gasteiger partial charge in [0.1, 0.15) is 0 Å². The first kappa shape index (κ1) is 21.6. The van der Waals surface area contributed by atoms with Crippen molar-refractivity contribution in [2.75, 3.05) is 19.6 Å². The molecule has 0 radical (unpaired) electrons. The van der Waals surface area contributed by atoms with Crippen molar-refractivity contribution in [2.24, 2.45) is 0 Å². The third kappa shape index (κ3) is 4.58. The van der Waals surface area contributed by atoms with E-state index in [-0.39, 0.29) is 29.1 Å². The minimum Gasteiger partial charge on any atom is -0.313 e. The van der Waals surface area contributed by atoms with Crippen molar-refractivity contribution in [1.29, 1.82) is 0 Å². The Bertz CT molecular complexity index is 880. The standard InChI is InChI=1S/C20H24N2O3S.ClH/c1-3-16-4-6-18(7-5-16)20-14-21-12-13-22(20)26(24,25)19-10-8-17(9-11-19)15(2)23;/h4-11,20-21H,3,12-14H2,1-2H3;1H. The molecule has 1 aliphatic heterocycles. The zero-order valence-corrected chi connectivity index (χ0v) is 17.1. The number of nitrogens with one attached hydrogen (secondary N) is 1. The van der Waals surface area contributed by atoms with E-state index in [0.29, 0.717) is 25.2 Å². The van der Waals surface area contributed by atoms with Gasteiger partial charge in [0.25, 0.3) is 0 Å². The predicted molar refractivity (Wildman–Crippen MR) is 109 cm³/mol. The van der Waals surface area contributed by atoms with Gasteiger partial charge in [0, 0.05) is 25.2 Å². The Morgan fingerprint density at radius 3 is 2.30 bits per heavy atom. The second kappa shape index (κ2) is 8.97. The molecule has 1 aliphatic rings. The first-order chi connectivity index (χ1) is 12.4. The molecule has 3 rings (SSSR count). The molecular formula is C20H25ClN2O3S. The fraction of sp³-hybridized carbons (Fsp3) is 0.350. The van der Waals surface area contributed by atoms with Gasteiger partial charge < -0.3 is 5.32 Å². The Morgan fingerprint density at radius 2 is 1.74 bits per heavy atom. The highest BCUT2D eigenvalue weighted by molar-refractivity contribution is 7.89. The summed E-state index contributed by atoms with van der Waals surface area (Å²) in [6.07, 6.45) is 0.952. The quantitative estimate of drug-likeness (QED) is 0.771. The largest absolute Gasteiger partial charge is 0.313 e. The van der Waals surface area contributed by atoms with Crippen LogP contribution in [-0.2, 0) is 16.4 Å². The van der Waals surface area contributed by atoms with Crippen LogP contribution >= 0.6 is 12.4 Å². The number of sulfonamides is 1. The number of carbonyl (C=O) groups excluding carboxylic acids is 1. The molecule has 1 N–H and O–H groups in total. The number of halogens is 1. The number of piperazine rings is 1. The minimum atomic E-state index is -3.64. The molecule has 7 heteroatoms. The molecule has 2 aromatic rings. The number of hydrogen-bond donors (Lipinski definition) is 1. The smallest absolute Gasteiger partial charge is 0.243 e. The van der Waals surface area contributed by atoms with Gasteiger partial charge in [0.05, 0.1) is 10.9 Å². The molecule has 27 heavy (non-hydrogen) atoms. The highest BCUT2D eigenvalue weighted by Crippen LogP contribution is 2.29. The van der Waals surface area contributed by atoms with Crippen molar-refractivity contribution in [3.8, 4) is 0 Å². The molecule has 146 valence electrons. The van der Waals surface area contributed by atoms with Crippen LogP contribution in [0.5, 0.6) is 0 Å². The third-order valence-corrected chi connectivity index (χ3v) is 6.76. The molecule has 0 bridgehead atoms. The molecule has 1 fully saturated rings. The summed E-state index contributed by atoms with van der Waals surface area (Å²) in [6, 6.07) is 14.1. The molecule has 1 unspecified atom stereocenters. The maximum Gasteiger partial charge on any atom is 0.243 e. The van der Waals surface area contributed by atoms with Crippen LogP contribution in [0, 0.1) is 0 Å². The van der Waals surface area contributed by atoms with E-state index in [1.165, 1.54) is 24.6 Å². The van der Waals surface area contributed by atoms with Crippen LogP contribution in [0.25, 0.3) is 0 Å². The van der Waals surface area contributed by atoms with Gasteiger partial charge in [-0.25, -0.2) is 8.42 Å². The molecular weight excluding hydrogens is 384 g/mol. The molecule has 0 aliphatic carbocycles. The summed E-state index contributed by atoms with van der Waals surface area (Å²) in [5.74, 6) is -0.0787. The normalized spacial score (nSPS) is 17.9. The van der Waals surface area contributed by atoms with Gasteiger partial charge in [-0.1, -0.05) is 43.3 Å². The molecule has 1 heterocycles. The summed E-state index contributed by atoms with van der Waals surface area (Å²) in [6.45, 7) is 5.18. The van der Waals surface area contributed by atoms with Crippen LogP contribution in [0.2, 0.25) is 0 Å². The van der Waals surface area contributed by atoms with Gasteiger partial charge >= 0.3 is 0 Å². The van der Waals surface area contributed by atoms with Crippen LogP contribution in [-0.4, -0.2) is 38.1 Å². The first-order valence-electron chi connectivity index (χ1n) is 8.86. The van der Waals surface area contributed by atoms with Crippen LogP contribution in [0.4, 0.5) is 0 Å². The van der Waals surface area contributed by atoms with Crippen molar-refractivity contribution < 1.29 is 13.2 Å². The number of ketones is 1. The molecule has 5 nitrogen and oxygen atoms in total. The van der Waals surface area contributed by atoms with E-state index in [1.54, 1.807) is 16.4 Å². The van der Waals surface area contributed by atoms with Crippen LogP contribution < -0.4 is 5.32 Å². The summed E-state index contributed by atoms with van der Waals surface area (Å²) in [7, 11) is -3.64. The lowest BCUT2D eigenvalue weighted by Gasteiger charge is -2.35. The SMILES string of the molecule is CCc1ccc(C2CNCCN2S(=O)(=O)c2ccc(C(C)=O)cc2)cc1.Cl. The molecule has 2 aromatic carbocycles. The van der Waals surface area contributed by atoms with Gasteiger partial charge in [-0.3, -0.25) is 4.79 Å². The summed E-state index contributed by atoms with van der Waals surface area (Å²) in [5, 5.41) is 3.29. The second-order valence-electron chi connectivity index (χ2n) is 6.51. The Morgan fingerprint density at radius 1 is 1.11 bits per heavy atom. The topological polar surface area (TPSA) is 66.5 Å². The van der Waals surface area contributed by atoms with E-state index in [4.69, 9.17) is 0 Å². The van der Waals surface area contributed by atoms with Crippen LogP contribution in [0.1, 0.15) is 41.4 Å². The third-order valence-electron chi connectivity index (χ3n) is 4.83. The lowest BCUT2D eigenvalue weighted by Crippen LogP contribution is -2.48. The summed E-state index contributed by atoms with van der Waals surface area (Å²) in [5.41, 5.74) is 2.72. The minimum absolute atomic E-state index is 0. The van der Waals surface area contributed by atoms with Crippen molar-refractivity contribution in [3.63, 3.8) is 0 Å². The Hall–Kier alpha value is -1.73. The van der Waals surface area contributed by atoms with E-state index >= 15 is 0 Å². The van der Waals surface area contributed by atoms with Crippen LogP contribution in [0.15, 0.2) is 53.4 Å². The predicted octanol–water partition coefficient (Wildman–Crippen LogP) is 3.21. The van der Waals surface area contributed by atoms with Gasteiger partial charge in [0.15, 0.2) is 5.78 Å². The van der Waals surface area contributed by atoms with E-state index in [1.807, 2.05) is 12.1 Å². The highest BCUT2D eigenvalue weighted by atomic mass is 35.5. The zero-order valence-electron chi connectivity index (χ0n) is 15.5. The zero-order chi connectivity index (χ0) is 18.7. The van der Waals surface area contributed by atoms with Crippen molar-refractivity contribution in [1.82, 2.24) is 9.62 Å². The summed E-state index contributed by atoms with van der Waals surface area (Å²) < 4.78 is 27.9. The lowest BCUT2D eigenvalue weighted by molar-refractivity contribution is 0.101. The highest BCUT2D eigenvalue weighted by Gasteiger charge is 2.34. The molecule has 1 atom stereocenters. The Balaban J connectivity index is 0.00000261. The van der Waals surface area contributed by atoms with Crippen molar-refractivity contribution >= 4 is 28.2 Å². The number of hydrogen-bond acceptors (Lipinski definition) is 4. The maximum absolute atomic E-state index is 13.2. The van der Waals surface area contributed by atoms with Crippen molar-refractivity contribution in [2.45, 2.75) is 31.2 Å². The monoisotopic (exact) mass is 408 g/mol. The number of rotatable bonds is 5. The van der Waals surface area contributed by atoms with Gasteiger partial charge in [0.2, 0.25) is 10.0 Å². The number of nitrogens with zero attached hydrogens (tertiary/aromatic N) is 1. The molecule has 0 saturated carbocycles. The lowest BCUT2D eigenvalue weighted by atomic mass is 10.0. The molecule has 0 amide bonds. The molecule has 1 saturated heterocycles. The number of Topliss-reactive ketones (excluding diaryl/α,β-unsaturated/α-hetero) is 1. The van der Waals surface area contributed by atoms with Gasteiger partial charge in [-0.05, 0) is 36.6 Å². The number of aryl methyl sites for hydroxylation is 1. The summed E-state index contributed by atoms with van der Waals surface area (Å²) in [4.78, 5) is 11.7. The van der Waals surface area contributed by atoms with Crippen LogP contribution in [0.3, 0.4) is 0 Å². The second-order valence-corrected chi connectivity index (χ2v) is 8.40. The fourth-order valence-electron chi connectivity index (χ4n) is 3.23. The van der Waals surface area contributed by atoms with E-state index in [2.05, 4.69) is 24.4 Å². The average Bonchev–Trinajstić information content (AvgIpc) is 2.68. The Labute approximate surface area is 167 Å². The molecule has 0 aromatic heterocycles. The summed E-state index contributed by atoms with van der Waals surface area (Å²) >= 11 is 0. The van der Waals surface area contributed by atoms with E-state index < -0.39 is 10.0 Å². The maximum atomic E-state index is 13.2. The fourth-order valence-corrected chi connectivity index (χ4v) is 4.84. The number of carbonyl (C=O) groups is 1. The van der Waals surface area contributed by atoms with E-state index in [9.17, 15) is 13.2 Å². The van der Waals surface area contributed by atoms with E-state index in [0.717, 1.165) is 12.0 Å². The van der Waals surface area contributed by atoms with Gasteiger partial charge in [-0.15, -0.1) is 12.4 Å². The van der Waals surface area contributed by atoms with Gasteiger partial charge in [-0.2, -0.15) is 4.31 Å². The number of benzene rings is 2. The molecule has 0 spiro atoms. The van der Waals surface area contributed by atoms with Crippen molar-refractivity contribution in [3.05, 3.63) is 65.2 Å². The first-order valence-corrected chi connectivity index (χ1v) is 10.3. The Kier molecular flexibility index (Phi) is 7.17. The average molecular weight is 409 g/mol.